The molecule has 0 spiro atoms. The van der Waals surface area contributed by atoms with E-state index in [1.165, 1.54) is 36.4 Å². The molecule has 3 aromatic rings. The number of carbonyl (C=O) groups is 1. The Hall–Kier alpha value is -2.91. The van der Waals surface area contributed by atoms with Crippen LogP contribution in [0.2, 0.25) is 5.02 Å². The maximum atomic E-state index is 13.1. The predicted molar refractivity (Wildman–Crippen MR) is 141 cm³/mol. The highest BCUT2D eigenvalue weighted by molar-refractivity contribution is 7.89. The second-order valence-corrected chi connectivity index (χ2v) is 10.8. The molecule has 9 heteroatoms. The lowest BCUT2D eigenvalue weighted by molar-refractivity contribution is -0.134. The fourth-order valence-electron chi connectivity index (χ4n) is 4.52. The van der Waals surface area contributed by atoms with E-state index < -0.39 is 16.1 Å². The summed E-state index contributed by atoms with van der Waals surface area (Å²) in [4.78, 5) is 17.2. The number of methoxy groups -OCH3 is 1. The highest BCUT2D eigenvalue weighted by atomic mass is 35.5. The van der Waals surface area contributed by atoms with Crippen LogP contribution < -0.4 is 9.46 Å². The van der Waals surface area contributed by atoms with Gasteiger partial charge in [0.25, 0.3) is 0 Å². The molecule has 0 saturated carbocycles. The van der Waals surface area contributed by atoms with Crippen LogP contribution >= 0.6 is 11.6 Å². The molecule has 0 radical (unpaired) electrons. The zero-order valence-electron chi connectivity index (χ0n) is 20.3. The molecule has 0 unspecified atom stereocenters. The van der Waals surface area contributed by atoms with Gasteiger partial charge in [-0.2, -0.15) is 4.72 Å². The summed E-state index contributed by atoms with van der Waals surface area (Å²) in [5.74, 6) is 0.121. The normalized spacial score (nSPS) is 15.6. The number of piperazine rings is 1. The van der Waals surface area contributed by atoms with Crippen LogP contribution in [0.25, 0.3) is 0 Å². The van der Waals surface area contributed by atoms with Crippen molar-refractivity contribution in [3.05, 3.63) is 95.0 Å². The molecule has 1 amide bonds. The van der Waals surface area contributed by atoms with Crippen molar-refractivity contribution in [1.29, 1.82) is 0 Å². The van der Waals surface area contributed by atoms with E-state index in [4.69, 9.17) is 16.3 Å². The number of sulfonamides is 1. The molecule has 0 aromatic heterocycles. The molecule has 3 aromatic carbocycles. The molecular formula is C27H30ClN3O4S. The van der Waals surface area contributed by atoms with E-state index in [0.29, 0.717) is 31.9 Å². The third-order valence-corrected chi connectivity index (χ3v) is 8.19. The maximum Gasteiger partial charge on any atom is 0.241 e. The number of carbonyl (C=O) groups excluding carboxylic acids is 1. The summed E-state index contributed by atoms with van der Waals surface area (Å²) in [7, 11) is -2.48. The second kappa shape index (κ2) is 11.4. The lowest BCUT2D eigenvalue weighted by atomic mass is 9.96. The Bertz CT molecular complexity index is 1240. The summed E-state index contributed by atoms with van der Waals surface area (Å²) in [6.07, 6.45) is 0. The van der Waals surface area contributed by atoms with Crippen LogP contribution in [-0.4, -0.2) is 63.5 Å². The van der Waals surface area contributed by atoms with Crippen molar-refractivity contribution >= 4 is 27.5 Å². The maximum absolute atomic E-state index is 13.1. The van der Waals surface area contributed by atoms with Gasteiger partial charge in [0.05, 0.1) is 29.1 Å². The quantitative estimate of drug-likeness (QED) is 0.480. The van der Waals surface area contributed by atoms with E-state index >= 15 is 0 Å². The standard InChI is InChI=1S/C27H30ClN3O4S/c1-20(29-36(33,34)23-13-14-25(35-2)24(28)19-23)27(32)31-17-15-30(16-18-31)26(21-9-5-3-6-10-21)22-11-7-4-8-12-22/h3-14,19-20,26,29H,15-18H2,1-2H3/t20-/m0/s1. The molecule has 1 fully saturated rings. The smallest absolute Gasteiger partial charge is 0.241 e. The highest BCUT2D eigenvalue weighted by Crippen LogP contribution is 2.30. The van der Waals surface area contributed by atoms with Crippen LogP contribution in [0.3, 0.4) is 0 Å². The van der Waals surface area contributed by atoms with Crippen molar-refractivity contribution in [2.45, 2.75) is 23.9 Å². The Morgan fingerprint density at radius 1 is 0.917 bits per heavy atom. The summed E-state index contributed by atoms with van der Waals surface area (Å²) in [5, 5.41) is 0.182. The van der Waals surface area contributed by atoms with Crippen LogP contribution in [0.1, 0.15) is 24.1 Å². The fraction of sp³-hybridized carbons (Fsp3) is 0.296. The van der Waals surface area contributed by atoms with E-state index in [9.17, 15) is 13.2 Å². The number of rotatable bonds is 8. The van der Waals surface area contributed by atoms with Gasteiger partial charge in [0.2, 0.25) is 15.9 Å². The molecular weight excluding hydrogens is 498 g/mol. The largest absolute Gasteiger partial charge is 0.495 e. The van der Waals surface area contributed by atoms with Crippen LogP contribution in [0, 0.1) is 0 Å². The first-order chi connectivity index (χ1) is 17.3. The molecule has 0 bridgehead atoms. The first kappa shape index (κ1) is 26.2. The number of nitrogens with one attached hydrogen (secondary N) is 1. The van der Waals surface area contributed by atoms with E-state index in [1.807, 2.05) is 36.4 Å². The van der Waals surface area contributed by atoms with Gasteiger partial charge in [0.15, 0.2) is 0 Å². The monoisotopic (exact) mass is 527 g/mol. The average Bonchev–Trinajstić information content (AvgIpc) is 2.90. The molecule has 1 aliphatic heterocycles. The summed E-state index contributed by atoms with van der Waals surface area (Å²) < 4.78 is 33.3. The van der Waals surface area contributed by atoms with Gasteiger partial charge < -0.3 is 9.64 Å². The van der Waals surface area contributed by atoms with Gasteiger partial charge in [-0.1, -0.05) is 72.3 Å². The molecule has 1 heterocycles. The second-order valence-electron chi connectivity index (χ2n) is 8.72. The van der Waals surface area contributed by atoms with Gasteiger partial charge in [-0.25, -0.2) is 8.42 Å². The van der Waals surface area contributed by atoms with Crippen LogP contribution in [-0.2, 0) is 14.8 Å². The lowest BCUT2D eigenvalue weighted by Crippen LogP contribution is -2.54. The number of halogens is 1. The minimum absolute atomic E-state index is 0.0219. The molecule has 36 heavy (non-hydrogen) atoms. The molecule has 0 aliphatic carbocycles. The Morgan fingerprint density at radius 3 is 1.97 bits per heavy atom. The van der Waals surface area contributed by atoms with Crippen molar-refractivity contribution in [2.75, 3.05) is 33.3 Å². The number of ether oxygens (including phenoxy) is 1. The first-order valence-electron chi connectivity index (χ1n) is 11.8. The van der Waals surface area contributed by atoms with Crippen LogP contribution in [0.5, 0.6) is 5.75 Å². The third kappa shape index (κ3) is 5.90. The number of hydrogen-bond acceptors (Lipinski definition) is 5. The van der Waals surface area contributed by atoms with Crippen LogP contribution in [0.4, 0.5) is 0 Å². The topological polar surface area (TPSA) is 78.9 Å². The average molecular weight is 528 g/mol. The van der Waals surface area contributed by atoms with E-state index in [-0.39, 0.29) is 21.9 Å². The molecule has 1 aliphatic rings. The summed E-state index contributed by atoms with van der Waals surface area (Å²) in [5.41, 5.74) is 2.39. The minimum Gasteiger partial charge on any atom is -0.495 e. The van der Waals surface area contributed by atoms with Gasteiger partial charge in [-0.05, 0) is 36.2 Å². The lowest BCUT2D eigenvalue weighted by Gasteiger charge is -2.40. The number of hydrogen-bond donors (Lipinski definition) is 1. The van der Waals surface area contributed by atoms with Gasteiger partial charge in [-0.15, -0.1) is 0 Å². The summed E-state index contributed by atoms with van der Waals surface area (Å²) in [6, 6.07) is 24.0. The predicted octanol–water partition coefficient (Wildman–Crippen LogP) is 3.95. The Labute approximate surface area is 217 Å². The fourth-order valence-corrected chi connectivity index (χ4v) is 6.07. The Kier molecular flexibility index (Phi) is 8.31. The SMILES string of the molecule is COc1ccc(S(=O)(=O)N[C@@H](C)C(=O)N2CCN(C(c3ccccc3)c3ccccc3)CC2)cc1Cl. The summed E-state index contributed by atoms with van der Waals surface area (Å²) >= 11 is 6.09. The Balaban J connectivity index is 1.42. The van der Waals surface area contributed by atoms with E-state index in [1.54, 1.807) is 11.8 Å². The molecule has 1 atom stereocenters. The minimum atomic E-state index is -3.93. The van der Waals surface area contributed by atoms with E-state index in [2.05, 4.69) is 33.9 Å². The summed E-state index contributed by atoms with van der Waals surface area (Å²) in [6.45, 7) is 3.93. The van der Waals surface area contributed by atoms with Gasteiger partial charge in [0.1, 0.15) is 5.75 Å². The first-order valence-corrected chi connectivity index (χ1v) is 13.6. The number of nitrogens with zero attached hydrogens (tertiary/aromatic N) is 2. The zero-order valence-corrected chi connectivity index (χ0v) is 21.9. The zero-order chi connectivity index (χ0) is 25.7. The molecule has 1 saturated heterocycles. The van der Waals surface area contributed by atoms with Gasteiger partial charge in [0, 0.05) is 26.2 Å². The highest BCUT2D eigenvalue weighted by Gasteiger charge is 2.31. The third-order valence-electron chi connectivity index (χ3n) is 6.36. The van der Waals surface area contributed by atoms with Crippen molar-refractivity contribution < 1.29 is 17.9 Å². The number of amides is 1. The van der Waals surface area contributed by atoms with Crippen LogP contribution in [0.15, 0.2) is 83.8 Å². The van der Waals surface area contributed by atoms with Crippen molar-refractivity contribution in [2.24, 2.45) is 0 Å². The molecule has 7 nitrogen and oxygen atoms in total. The molecule has 1 N–H and O–H groups in total. The van der Waals surface area contributed by atoms with Crippen molar-refractivity contribution in [3.8, 4) is 5.75 Å². The molecule has 4 rings (SSSR count). The number of benzene rings is 3. The van der Waals surface area contributed by atoms with Crippen molar-refractivity contribution in [1.82, 2.24) is 14.5 Å². The van der Waals surface area contributed by atoms with Gasteiger partial charge in [-0.3, -0.25) is 9.69 Å². The Morgan fingerprint density at radius 2 is 1.47 bits per heavy atom. The van der Waals surface area contributed by atoms with E-state index in [0.717, 1.165) is 0 Å². The molecule has 190 valence electrons. The van der Waals surface area contributed by atoms with Gasteiger partial charge >= 0.3 is 0 Å². The van der Waals surface area contributed by atoms with Crippen molar-refractivity contribution in [3.63, 3.8) is 0 Å².